The maximum absolute atomic E-state index is 11.8. The molecule has 0 unspecified atom stereocenters. The van der Waals surface area contributed by atoms with E-state index in [4.69, 9.17) is 0 Å². The van der Waals surface area contributed by atoms with Crippen molar-refractivity contribution in [1.82, 2.24) is 14.5 Å². The number of H-pyrrole nitrogens is 1. The molecule has 0 aromatic carbocycles. The Kier molecular flexibility index (Phi) is 3.08. The Morgan fingerprint density at radius 3 is 2.56 bits per heavy atom. The van der Waals surface area contributed by atoms with Crippen LogP contribution in [-0.2, 0) is 6.42 Å². The summed E-state index contributed by atoms with van der Waals surface area (Å²) in [6.07, 6.45) is 0.338. The van der Waals surface area contributed by atoms with Crippen LogP contribution in [0.4, 0.5) is 0 Å². The summed E-state index contributed by atoms with van der Waals surface area (Å²) >= 11 is 1.29. The zero-order chi connectivity index (χ0) is 13.4. The first-order chi connectivity index (χ1) is 8.45. The minimum absolute atomic E-state index is 0.181. The predicted octanol–water partition coefficient (Wildman–Crippen LogP) is 0.867. The zero-order valence-corrected chi connectivity index (χ0v) is 11.1. The van der Waals surface area contributed by atoms with Gasteiger partial charge in [0.05, 0.1) is 11.3 Å². The summed E-state index contributed by atoms with van der Waals surface area (Å²) in [5, 5.41) is 10.4. The largest absolute Gasteiger partial charge is 0.494 e. The van der Waals surface area contributed by atoms with Crippen LogP contribution in [0.3, 0.4) is 0 Å². The van der Waals surface area contributed by atoms with Gasteiger partial charge in [-0.15, -0.1) is 11.3 Å². The third-order valence-corrected chi connectivity index (χ3v) is 3.80. The van der Waals surface area contributed by atoms with Gasteiger partial charge in [0, 0.05) is 4.88 Å². The van der Waals surface area contributed by atoms with Crippen molar-refractivity contribution < 1.29 is 5.11 Å². The molecular weight excluding hydrogens is 254 g/mol. The van der Waals surface area contributed by atoms with Crippen molar-refractivity contribution in [3.05, 3.63) is 37.0 Å². The van der Waals surface area contributed by atoms with Gasteiger partial charge in [-0.3, -0.25) is 9.78 Å². The van der Waals surface area contributed by atoms with Crippen molar-refractivity contribution in [2.75, 3.05) is 0 Å². The molecule has 0 saturated heterocycles. The second kappa shape index (κ2) is 4.41. The van der Waals surface area contributed by atoms with Crippen LogP contribution in [-0.4, -0.2) is 19.6 Å². The average molecular weight is 267 g/mol. The van der Waals surface area contributed by atoms with Crippen LogP contribution in [0.1, 0.15) is 23.1 Å². The van der Waals surface area contributed by atoms with Gasteiger partial charge in [0.15, 0.2) is 0 Å². The average Bonchev–Trinajstić information content (AvgIpc) is 2.58. The van der Waals surface area contributed by atoms with E-state index in [0.29, 0.717) is 11.6 Å². The molecule has 0 bridgehead atoms. The lowest BCUT2D eigenvalue weighted by atomic mass is 10.2. The molecule has 0 amide bonds. The Balaban J connectivity index is 2.79. The van der Waals surface area contributed by atoms with Crippen molar-refractivity contribution >= 4 is 11.3 Å². The van der Waals surface area contributed by atoms with E-state index in [9.17, 15) is 14.7 Å². The number of aromatic amines is 1. The van der Waals surface area contributed by atoms with Crippen LogP contribution < -0.4 is 11.2 Å². The minimum Gasteiger partial charge on any atom is -0.494 e. The van der Waals surface area contributed by atoms with Crippen molar-refractivity contribution in [3.63, 3.8) is 0 Å². The molecule has 2 N–H and O–H groups in total. The Hall–Kier alpha value is -1.89. The summed E-state index contributed by atoms with van der Waals surface area (Å²) in [5.74, 6) is -0.333. The van der Waals surface area contributed by atoms with Crippen LogP contribution in [0.2, 0.25) is 0 Å². The molecule has 2 aromatic rings. The van der Waals surface area contributed by atoms with Crippen LogP contribution in [0.25, 0.3) is 5.13 Å². The first-order valence-corrected chi connectivity index (χ1v) is 6.29. The maximum Gasteiger partial charge on any atom is 0.337 e. The number of aryl methyl sites for hydroxylation is 2. The van der Waals surface area contributed by atoms with Gasteiger partial charge in [-0.05, 0) is 20.3 Å². The number of nitrogens with zero attached hydrogens (tertiary/aromatic N) is 2. The minimum atomic E-state index is -0.677. The molecule has 0 fully saturated rings. The molecule has 0 saturated carbocycles. The number of thiazole rings is 1. The smallest absolute Gasteiger partial charge is 0.337 e. The first-order valence-electron chi connectivity index (χ1n) is 5.47. The molecule has 96 valence electrons. The second-order valence-electron chi connectivity index (χ2n) is 3.89. The van der Waals surface area contributed by atoms with Crippen molar-refractivity contribution in [3.8, 4) is 11.0 Å². The van der Waals surface area contributed by atoms with Crippen LogP contribution in [0, 0.1) is 13.8 Å². The molecule has 7 heteroatoms. The molecule has 0 atom stereocenters. The van der Waals surface area contributed by atoms with Gasteiger partial charge >= 0.3 is 5.69 Å². The molecular formula is C11H13N3O3S. The molecule has 2 rings (SSSR count). The summed E-state index contributed by atoms with van der Waals surface area (Å²) in [6, 6.07) is 0. The monoisotopic (exact) mass is 267 g/mol. The summed E-state index contributed by atoms with van der Waals surface area (Å²) in [6.45, 7) is 5.44. The SMILES string of the molecule is CCc1c(O)n(-c2nc(C)c(C)s2)c(=O)[nH]c1=O. The first kappa shape index (κ1) is 12.6. The van der Waals surface area contributed by atoms with Gasteiger partial charge in [0.25, 0.3) is 5.56 Å². The lowest BCUT2D eigenvalue weighted by molar-refractivity contribution is 0.423. The maximum atomic E-state index is 11.8. The number of aromatic nitrogens is 3. The summed E-state index contributed by atoms with van der Waals surface area (Å²) in [4.78, 5) is 30.6. The lowest BCUT2D eigenvalue weighted by Gasteiger charge is -2.06. The second-order valence-corrected chi connectivity index (χ2v) is 5.07. The molecule has 0 aliphatic rings. The quantitative estimate of drug-likeness (QED) is 0.845. The van der Waals surface area contributed by atoms with Crippen molar-refractivity contribution in [2.45, 2.75) is 27.2 Å². The van der Waals surface area contributed by atoms with Crippen LogP contribution >= 0.6 is 11.3 Å². The van der Waals surface area contributed by atoms with Gasteiger partial charge in [-0.2, -0.15) is 0 Å². The van der Waals surface area contributed by atoms with Crippen LogP contribution in [0.15, 0.2) is 9.59 Å². The molecule has 0 radical (unpaired) electrons. The number of nitrogens with one attached hydrogen (secondary N) is 1. The Labute approximate surface area is 107 Å². The van der Waals surface area contributed by atoms with Crippen molar-refractivity contribution in [2.24, 2.45) is 0 Å². The van der Waals surface area contributed by atoms with E-state index < -0.39 is 11.2 Å². The Morgan fingerprint density at radius 1 is 1.39 bits per heavy atom. The van der Waals surface area contributed by atoms with Gasteiger partial charge in [0.2, 0.25) is 11.0 Å². The lowest BCUT2D eigenvalue weighted by Crippen LogP contribution is -2.31. The zero-order valence-electron chi connectivity index (χ0n) is 10.3. The van der Waals surface area contributed by atoms with E-state index in [1.807, 2.05) is 13.8 Å². The van der Waals surface area contributed by atoms with E-state index in [1.54, 1.807) is 6.92 Å². The Morgan fingerprint density at radius 2 is 2.06 bits per heavy atom. The normalized spacial score (nSPS) is 10.8. The molecule has 18 heavy (non-hydrogen) atoms. The highest BCUT2D eigenvalue weighted by atomic mass is 32.1. The fraction of sp³-hybridized carbons (Fsp3) is 0.364. The highest BCUT2D eigenvalue weighted by Gasteiger charge is 2.16. The fourth-order valence-corrected chi connectivity index (χ4v) is 2.52. The van der Waals surface area contributed by atoms with Gasteiger partial charge < -0.3 is 5.11 Å². The number of rotatable bonds is 2. The fourth-order valence-electron chi connectivity index (χ4n) is 1.61. The van der Waals surface area contributed by atoms with E-state index in [2.05, 4.69) is 9.97 Å². The molecule has 0 spiro atoms. The molecule has 2 heterocycles. The summed E-state index contributed by atoms with van der Waals surface area (Å²) in [5.41, 5.74) is -0.254. The van der Waals surface area contributed by atoms with E-state index in [1.165, 1.54) is 11.3 Å². The van der Waals surface area contributed by atoms with E-state index >= 15 is 0 Å². The van der Waals surface area contributed by atoms with E-state index in [0.717, 1.165) is 15.1 Å². The topological polar surface area (TPSA) is 88.0 Å². The molecule has 6 nitrogen and oxygen atoms in total. The van der Waals surface area contributed by atoms with Gasteiger partial charge in [-0.1, -0.05) is 6.92 Å². The Bertz CT molecular complexity index is 692. The summed E-state index contributed by atoms with van der Waals surface area (Å²) < 4.78 is 1.03. The molecule has 0 aliphatic heterocycles. The highest BCUT2D eigenvalue weighted by Crippen LogP contribution is 2.23. The van der Waals surface area contributed by atoms with Crippen LogP contribution in [0.5, 0.6) is 5.88 Å². The highest BCUT2D eigenvalue weighted by molar-refractivity contribution is 7.14. The number of hydrogen-bond acceptors (Lipinski definition) is 5. The summed E-state index contributed by atoms with van der Waals surface area (Å²) in [7, 11) is 0. The number of aromatic hydroxyl groups is 1. The molecule has 2 aromatic heterocycles. The van der Waals surface area contributed by atoms with Gasteiger partial charge in [-0.25, -0.2) is 14.3 Å². The molecule has 0 aliphatic carbocycles. The van der Waals surface area contributed by atoms with E-state index in [-0.39, 0.29) is 11.4 Å². The third-order valence-electron chi connectivity index (χ3n) is 2.74. The standard InChI is InChI=1S/C11H13N3O3S/c1-4-7-8(15)13-10(17)14(9(7)16)11-12-5(2)6(3)18-11/h16H,4H2,1-3H3,(H,13,15,17). The third kappa shape index (κ3) is 1.86. The number of hydrogen-bond donors (Lipinski definition) is 2. The predicted molar refractivity (Wildman–Crippen MR) is 68.8 cm³/mol. The van der Waals surface area contributed by atoms with Crippen molar-refractivity contribution in [1.29, 1.82) is 0 Å². The van der Waals surface area contributed by atoms with Gasteiger partial charge in [0.1, 0.15) is 0 Å².